The van der Waals surface area contributed by atoms with Gasteiger partial charge in [0.1, 0.15) is 11.3 Å². The maximum absolute atomic E-state index is 5.99. The molecule has 1 atom stereocenters. The first kappa shape index (κ1) is 12.7. The number of furan rings is 1. The fourth-order valence-electron chi connectivity index (χ4n) is 2.52. The molecule has 1 N–H and O–H groups in total. The van der Waals surface area contributed by atoms with Crippen molar-refractivity contribution in [3.8, 4) is 0 Å². The van der Waals surface area contributed by atoms with E-state index in [4.69, 9.17) is 4.42 Å². The van der Waals surface area contributed by atoms with Crippen molar-refractivity contribution in [1.82, 2.24) is 4.98 Å². The maximum Gasteiger partial charge on any atom is 0.134 e. The van der Waals surface area contributed by atoms with E-state index in [2.05, 4.69) is 37.1 Å². The lowest BCUT2D eigenvalue weighted by molar-refractivity contribution is 0.522. The van der Waals surface area contributed by atoms with E-state index < -0.39 is 0 Å². The Morgan fingerprint density at radius 1 is 1.15 bits per heavy atom. The minimum atomic E-state index is 0.102. The van der Waals surface area contributed by atoms with Crippen LogP contribution >= 0.6 is 0 Å². The van der Waals surface area contributed by atoms with E-state index in [0.717, 1.165) is 17.0 Å². The van der Waals surface area contributed by atoms with Crippen molar-refractivity contribution in [3.05, 3.63) is 59.6 Å². The molecule has 3 heteroatoms. The van der Waals surface area contributed by atoms with Crippen molar-refractivity contribution in [2.45, 2.75) is 26.8 Å². The second kappa shape index (κ2) is 5.00. The number of aromatic nitrogens is 1. The predicted octanol–water partition coefficient (Wildman–Crippen LogP) is 4.62. The molecule has 0 saturated carbocycles. The molecule has 2 heterocycles. The highest BCUT2D eigenvalue weighted by Crippen LogP contribution is 2.31. The molecule has 0 amide bonds. The number of pyridine rings is 1. The zero-order valence-corrected chi connectivity index (χ0v) is 12.0. The van der Waals surface area contributed by atoms with E-state index in [1.807, 2.05) is 30.5 Å². The Labute approximate surface area is 118 Å². The van der Waals surface area contributed by atoms with E-state index in [1.54, 1.807) is 6.20 Å². The highest BCUT2D eigenvalue weighted by Gasteiger charge is 2.16. The van der Waals surface area contributed by atoms with E-state index in [0.29, 0.717) is 0 Å². The molecule has 20 heavy (non-hydrogen) atoms. The Morgan fingerprint density at radius 2 is 1.95 bits per heavy atom. The predicted molar refractivity (Wildman–Crippen MR) is 82.0 cm³/mol. The van der Waals surface area contributed by atoms with Crippen molar-refractivity contribution in [3.63, 3.8) is 0 Å². The van der Waals surface area contributed by atoms with Gasteiger partial charge in [0.15, 0.2) is 0 Å². The van der Waals surface area contributed by atoms with Crippen LogP contribution in [0.3, 0.4) is 0 Å². The maximum atomic E-state index is 5.99. The van der Waals surface area contributed by atoms with Gasteiger partial charge in [0.05, 0.1) is 17.9 Å². The van der Waals surface area contributed by atoms with Gasteiger partial charge in [-0.1, -0.05) is 18.2 Å². The zero-order chi connectivity index (χ0) is 14.1. The molecule has 1 unspecified atom stereocenters. The van der Waals surface area contributed by atoms with Gasteiger partial charge in [-0.2, -0.15) is 0 Å². The fraction of sp³-hybridized carbons (Fsp3) is 0.235. The Hall–Kier alpha value is -2.29. The molecule has 0 radical (unpaired) electrons. The van der Waals surface area contributed by atoms with Crippen LogP contribution < -0.4 is 5.32 Å². The quantitative estimate of drug-likeness (QED) is 0.751. The summed E-state index contributed by atoms with van der Waals surface area (Å²) < 4.78 is 5.99. The summed E-state index contributed by atoms with van der Waals surface area (Å²) in [6.07, 6.45) is 3.65. The van der Waals surface area contributed by atoms with Crippen LogP contribution in [0.15, 0.2) is 47.1 Å². The lowest BCUT2D eigenvalue weighted by Gasteiger charge is -2.15. The van der Waals surface area contributed by atoms with Crippen LogP contribution in [0.5, 0.6) is 0 Å². The van der Waals surface area contributed by atoms with E-state index in [-0.39, 0.29) is 6.04 Å². The molecule has 1 aromatic carbocycles. The SMILES string of the molecule is Cc1ccncc1NC(C)c1oc2ccccc2c1C. The molecule has 0 bridgehead atoms. The lowest BCUT2D eigenvalue weighted by Crippen LogP contribution is -2.08. The van der Waals surface area contributed by atoms with Crippen molar-refractivity contribution in [2.24, 2.45) is 0 Å². The lowest BCUT2D eigenvalue weighted by atomic mass is 10.1. The number of nitrogens with one attached hydrogen (secondary N) is 1. The number of benzene rings is 1. The highest BCUT2D eigenvalue weighted by atomic mass is 16.3. The van der Waals surface area contributed by atoms with Crippen LogP contribution in [0.1, 0.15) is 29.9 Å². The molecular weight excluding hydrogens is 248 g/mol. The summed E-state index contributed by atoms with van der Waals surface area (Å²) in [5.74, 6) is 0.981. The molecule has 0 aliphatic rings. The second-order valence-electron chi connectivity index (χ2n) is 5.14. The number of hydrogen-bond acceptors (Lipinski definition) is 3. The minimum Gasteiger partial charge on any atom is -0.459 e. The normalized spacial score (nSPS) is 12.6. The van der Waals surface area contributed by atoms with Crippen molar-refractivity contribution < 1.29 is 4.42 Å². The first-order valence-corrected chi connectivity index (χ1v) is 6.82. The summed E-state index contributed by atoms with van der Waals surface area (Å²) in [5.41, 5.74) is 4.36. The van der Waals surface area contributed by atoms with Crippen LogP contribution in [-0.4, -0.2) is 4.98 Å². The summed E-state index contributed by atoms with van der Waals surface area (Å²) >= 11 is 0. The number of aryl methyl sites for hydroxylation is 2. The number of nitrogens with zero attached hydrogens (tertiary/aromatic N) is 1. The zero-order valence-electron chi connectivity index (χ0n) is 12.0. The molecule has 0 fully saturated rings. The standard InChI is InChI=1S/C17H18N2O/c1-11-8-9-18-10-15(11)19-13(3)17-12(2)14-6-4-5-7-16(14)20-17/h4-10,13,19H,1-3H3. The molecule has 3 rings (SSSR count). The van der Waals surface area contributed by atoms with E-state index in [9.17, 15) is 0 Å². The summed E-state index contributed by atoms with van der Waals surface area (Å²) in [6, 6.07) is 10.2. The molecule has 0 aliphatic carbocycles. The van der Waals surface area contributed by atoms with Crippen LogP contribution in [-0.2, 0) is 0 Å². The molecule has 0 spiro atoms. The molecule has 0 saturated heterocycles. The van der Waals surface area contributed by atoms with Crippen LogP contribution in [0.2, 0.25) is 0 Å². The van der Waals surface area contributed by atoms with E-state index >= 15 is 0 Å². The van der Waals surface area contributed by atoms with Gasteiger partial charge < -0.3 is 9.73 Å². The van der Waals surface area contributed by atoms with Gasteiger partial charge in [0, 0.05) is 17.1 Å². The average molecular weight is 266 g/mol. The molecule has 102 valence electrons. The van der Waals surface area contributed by atoms with Gasteiger partial charge in [0.25, 0.3) is 0 Å². The van der Waals surface area contributed by atoms with Gasteiger partial charge in [-0.05, 0) is 38.5 Å². The van der Waals surface area contributed by atoms with Gasteiger partial charge in [-0.15, -0.1) is 0 Å². The summed E-state index contributed by atoms with van der Waals surface area (Å²) in [5, 5.41) is 4.65. The number of rotatable bonds is 3. The monoisotopic (exact) mass is 266 g/mol. The van der Waals surface area contributed by atoms with Crippen molar-refractivity contribution in [2.75, 3.05) is 5.32 Å². The van der Waals surface area contributed by atoms with Crippen molar-refractivity contribution >= 4 is 16.7 Å². The Morgan fingerprint density at radius 3 is 2.70 bits per heavy atom. The highest BCUT2D eigenvalue weighted by molar-refractivity contribution is 5.82. The largest absolute Gasteiger partial charge is 0.459 e. The van der Waals surface area contributed by atoms with Gasteiger partial charge in [-0.25, -0.2) is 0 Å². The summed E-state index contributed by atoms with van der Waals surface area (Å²) in [6.45, 7) is 6.29. The topological polar surface area (TPSA) is 38.1 Å². The number of para-hydroxylation sites is 1. The smallest absolute Gasteiger partial charge is 0.134 e. The van der Waals surface area contributed by atoms with Gasteiger partial charge in [-0.3, -0.25) is 4.98 Å². The number of hydrogen-bond donors (Lipinski definition) is 1. The van der Waals surface area contributed by atoms with Gasteiger partial charge >= 0.3 is 0 Å². The molecule has 2 aromatic heterocycles. The fourth-order valence-corrected chi connectivity index (χ4v) is 2.52. The van der Waals surface area contributed by atoms with Crippen LogP contribution in [0.4, 0.5) is 5.69 Å². The molecule has 3 nitrogen and oxygen atoms in total. The van der Waals surface area contributed by atoms with Crippen LogP contribution in [0.25, 0.3) is 11.0 Å². The Bertz CT molecular complexity index is 746. The minimum absolute atomic E-state index is 0.102. The molecule has 3 aromatic rings. The Balaban J connectivity index is 1.95. The number of fused-ring (bicyclic) bond motifs is 1. The Kier molecular flexibility index (Phi) is 3.18. The van der Waals surface area contributed by atoms with Crippen molar-refractivity contribution in [1.29, 1.82) is 0 Å². The number of anilines is 1. The first-order valence-electron chi connectivity index (χ1n) is 6.82. The molecule has 0 aliphatic heterocycles. The molecular formula is C17H18N2O. The summed E-state index contributed by atoms with van der Waals surface area (Å²) in [7, 11) is 0. The average Bonchev–Trinajstić information content (AvgIpc) is 2.79. The van der Waals surface area contributed by atoms with Crippen LogP contribution in [0, 0.1) is 13.8 Å². The summed E-state index contributed by atoms with van der Waals surface area (Å²) in [4.78, 5) is 4.16. The first-order chi connectivity index (χ1) is 9.66. The second-order valence-corrected chi connectivity index (χ2v) is 5.14. The van der Waals surface area contributed by atoms with Gasteiger partial charge in [0.2, 0.25) is 0 Å². The third kappa shape index (κ3) is 2.16. The van der Waals surface area contributed by atoms with E-state index in [1.165, 1.54) is 16.5 Å². The third-order valence-corrected chi connectivity index (χ3v) is 3.68. The third-order valence-electron chi connectivity index (χ3n) is 3.68.